The molecule has 88 valence electrons. The van der Waals surface area contributed by atoms with E-state index in [9.17, 15) is 4.21 Å². The van der Waals surface area contributed by atoms with Crippen molar-refractivity contribution < 1.29 is 4.21 Å². The molecule has 0 bridgehead atoms. The molecule has 0 radical (unpaired) electrons. The Hall–Kier alpha value is -0.0300. The number of nitrogens with one attached hydrogen (secondary N) is 1. The average molecular weight is 248 g/mol. The van der Waals surface area contributed by atoms with Gasteiger partial charge in [0, 0.05) is 34.1 Å². The zero-order valence-electron chi connectivity index (χ0n) is 9.82. The molecule has 1 aliphatic heterocycles. The SMILES string of the molecule is CC(CS(C)=O)NC1=NCC(C(C)C)S1. The van der Waals surface area contributed by atoms with Gasteiger partial charge in [0.05, 0.1) is 6.54 Å². The van der Waals surface area contributed by atoms with Crippen LogP contribution in [0.2, 0.25) is 0 Å². The van der Waals surface area contributed by atoms with E-state index in [0.29, 0.717) is 16.9 Å². The second kappa shape index (κ2) is 5.89. The van der Waals surface area contributed by atoms with Gasteiger partial charge in [-0.15, -0.1) is 0 Å². The normalized spacial score (nSPS) is 25.1. The van der Waals surface area contributed by atoms with Crippen LogP contribution >= 0.6 is 11.8 Å². The van der Waals surface area contributed by atoms with E-state index >= 15 is 0 Å². The number of thioether (sulfide) groups is 1. The molecule has 1 heterocycles. The van der Waals surface area contributed by atoms with Crippen LogP contribution in [0.3, 0.4) is 0 Å². The summed E-state index contributed by atoms with van der Waals surface area (Å²) in [6.45, 7) is 7.40. The molecule has 0 fully saturated rings. The fourth-order valence-electron chi connectivity index (χ4n) is 1.42. The molecule has 0 amide bonds. The highest BCUT2D eigenvalue weighted by molar-refractivity contribution is 8.14. The number of nitrogens with zero attached hydrogens (tertiary/aromatic N) is 1. The highest BCUT2D eigenvalue weighted by Gasteiger charge is 2.23. The minimum absolute atomic E-state index is 0.244. The smallest absolute Gasteiger partial charge is 0.157 e. The van der Waals surface area contributed by atoms with Crippen molar-refractivity contribution in [1.82, 2.24) is 5.32 Å². The maximum absolute atomic E-state index is 11.0. The fraction of sp³-hybridized carbons (Fsp3) is 0.900. The number of hydrogen-bond donors (Lipinski definition) is 1. The summed E-state index contributed by atoms with van der Waals surface area (Å²) in [6.07, 6.45) is 1.73. The second-order valence-electron chi connectivity index (χ2n) is 4.33. The van der Waals surface area contributed by atoms with E-state index in [1.165, 1.54) is 0 Å². The van der Waals surface area contributed by atoms with Gasteiger partial charge in [-0.3, -0.25) is 9.20 Å². The molecule has 0 spiro atoms. The molecular weight excluding hydrogens is 228 g/mol. The van der Waals surface area contributed by atoms with E-state index in [1.54, 1.807) is 6.26 Å². The second-order valence-corrected chi connectivity index (χ2v) is 7.04. The highest BCUT2D eigenvalue weighted by Crippen LogP contribution is 2.25. The molecular formula is C10H20N2OS2. The van der Waals surface area contributed by atoms with Crippen molar-refractivity contribution in [2.45, 2.75) is 32.1 Å². The van der Waals surface area contributed by atoms with Gasteiger partial charge in [-0.05, 0) is 12.8 Å². The molecule has 0 aromatic heterocycles. The topological polar surface area (TPSA) is 41.5 Å². The Morgan fingerprint density at radius 3 is 2.73 bits per heavy atom. The Bertz CT molecular complexity index is 266. The van der Waals surface area contributed by atoms with Gasteiger partial charge in [0.1, 0.15) is 0 Å². The Balaban J connectivity index is 2.32. The molecule has 3 unspecified atom stereocenters. The summed E-state index contributed by atoms with van der Waals surface area (Å²) in [5.41, 5.74) is 0. The van der Waals surface area contributed by atoms with Crippen LogP contribution < -0.4 is 5.32 Å². The van der Waals surface area contributed by atoms with E-state index in [-0.39, 0.29) is 6.04 Å². The van der Waals surface area contributed by atoms with Crippen molar-refractivity contribution >= 4 is 27.7 Å². The van der Waals surface area contributed by atoms with E-state index < -0.39 is 10.8 Å². The largest absolute Gasteiger partial charge is 0.362 e. The van der Waals surface area contributed by atoms with Crippen LogP contribution in [0, 0.1) is 5.92 Å². The standard InChI is InChI=1S/C10H20N2OS2/c1-7(2)9-5-11-10(14-9)12-8(3)6-15(4)13/h7-9H,5-6H2,1-4H3,(H,11,12). The van der Waals surface area contributed by atoms with Gasteiger partial charge >= 0.3 is 0 Å². The summed E-state index contributed by atoms with van der Waals surface area (Å²) in [6, 6.07) is 0.244. The van der Waals surface area contributed by atoms with E-state index in [0.717, 1.165) is 11.7 Å². The van der Waals surface area contributed by atoms with Gasteiger partial charge in [0.2, 0.25) is 0 Å². The number of rotatable bonds is 4. The number of aliphatic imine (C=N–C) groups is 1. The third kappa shape index (κ3) is 4.55. The minimum atomic E-state index is -0.740. The molecule has 5 heteroatoms. The molecule has 0 aromatic carbocycles. The van der Waals surface area contributed by atoms with Crippen molar-refractivity contribution in [2.24, 2.45) is 10.9 Å². The predicted octanol–water partition coefficient (Wildman–Crippen LogP) is 1.47. The van der Waals surface area contributed by atoms with Gasteiger partial charge in [-0.25, -0.2) is 0 Å². The van der Waals surface area contributed by atoms with E-state index in [1.807, 2.05) is 18.7 Å². The van der Waals surface area contributed by atoms with Crippen molar-refractivity contribution in [2.75, 3.05) is 18.6 Å². The first-order valence-corrected chi connectivity index (χ1v) is 7.87. The van der Waals surface area contributed by atoms with Crippen LogP contribution in [-0.4, -0.2) is 39.2 Å². The lowest BCUT2D eigenvalue weighted by Gasteiger charge is -2.15. The molecule has 0 saturated carbocycles. The third-order valence-corrected chi connectivity index (χ3v) is 4.71. The van der Waals surface area contributed by atoms with Crippen molar-refractivity contribution in [3.63, 3.8) is 0 Å². The molecule has 0 aliphatic carbocycles. The van der Waals surface area contributed by atoms with E-state index in [2.05, 4.69) is 24.2 Å². The lowest BCUT2D eigenvalue weighted by Crippen LogP contribution is -2.34. The van der Waals surface area contributed by atoms with Gasteiger partial charge in [0.15, 0.2) is 5.17 Å². The quantitative estimate of drug-likeness (QED) is 0.819. The summed E-state index contributed by atoms with van der Waals surface area (Å²) >= 11 is 1.81. The first kappa shape index (κ1) is 13.0. The summed E-state index contributed by atoms with van der Waals surface area (Å²) in [5.74, 6) is 1.35. The first-order valence-electron chi connectivity index (χ1n) is 5.26. The predicted molar refractivity (Wildman–Crippen MR) is 70.1 cm³/mol. The molecule has 0 aromatic rings. The Morgan fingerprint density at radius 2 is 2.27 bits per heavy atom. The van der Waals surface area contributed by atoms with Gasteiger partial charge in [0.25, 0.3) is 0 Å². The Morgan fingerprint density at radius 1 is 1.60 bits per heavy atom. The average Bonchev–Trinajstić information content (AvgIpc) is 2.50. The van der Waals surface area contributed by atoms with Crippen LogP contribution in [-0.2, 0) is 10.8 Å². The van der Waals surface area contributed by atoms with E-state index in [4.69, 9.17) is 0 Å². The van der Waals surface area contributed by atoms with Gasteiger partial charge in [-0.1, -0.05) is 25.6 Å². The maximum atomic E-state index is 11.0. The van der Waals surface area contributed by atoms with Crippen molar-refractivity contribution in [1.29, 1.82) is 0 Å². The summed E-state index contributed by atoms with van der Waals surface area (Å²) < 4.78 is 11.0. The zero-order chi connectivity index (χ0) is 11.4. The van der Waals surface area contributed by atoms with Crippen molar-refractivity contribution in [3.8, 4) is 0 Å². The molecule has 15 heavy (non-hydrogen) atoms. The maximum Gasteiger partial charge on any atom is 0.157 e. The summed E-state index contributed by atoms with van der Waals surface area (Å²) in [7, 11) is -0.740. The lowest BCUT2D eigenvalue weighted by molar-refractivity contribution is 0.621. The lowest BCUT2D eigenvalue weighted by atomic mass is 10.1. The molecule has 1 N–H and O–H groups in total. The van der Waals surface area contributed by atoms with Crippen LogP contribution in [0.15, 0.2) is 4.99 Å². The number of amidine groups is 1. The minimum Gasteiger partial charge on any atom is -0.362 e. The monoisotopic (exact) mass is 248 g/mol. The summed E-state index contributed by atoms with van der Waals surface area (Å²) in [4.78, 5) is 4.46. The Kier molecular flexibility index (Phi) is 5.12. The third-order valence-electron chi connectivity index (χ3n) is 2.28. The number of hydrogen-bond acceptors (Lipinski definition) is 4. The van der Waals surface area contributed by atoms with Crippen LogP contribution in [0.4, 0.5) is 0 Å². The van der Waals surface area contributed by atoms with Gasteiger partial charge in [-0.2, -0.15) is 0 Å². The molecule has 1 rings (SSSR count). The molecule has 1 aliphatic rings. The fourth-order valence-corrected chi connectivity index (χ4v) is 3.34. The first-order chi connectivity index (χ1) is 6.99. The van der Waals surface area contributed by atoms with Crippen LogP contribution in [0.5, 0.6) is 0 Å². The van der Waals surface area contributed by atoms with Crippen molar-refractivity contribution in [3.05, 3.63) is 0 Å². The van der Waals surface area contributed by atoms with Crippen LogP contribution in [0.25, 0.3) is 0 Å². The molecule has 3 nitrogen and oxygen atoms in total. The molecule has 3 atom stereocenters. The Labute approximate surface area is 99.0 Å². The van der Waals surface area contributed by atoms with Crippen LogP contribution in [0.1, 0.15) is 20.8 Å². The molecule has 0 saturated heterocycles. The highest BCUT2D eigenvalue weighted by atomic mass is 32.2. The summed E-state index contributed by atoms with van der Waals surface area (Å²) in [5, 5.41) is 4.94. The zero-order valence-corrected chi connectivity index (χ0v) is 11.5. The van der Waals surface area contributed by atoms with Gasteiger partial charge < -0.3 is 5.32 Å².